The van der Waals surface area contributed by atoms with Gasteiger partial charge < -0.3 is 9.30 Å². The smallest absolute Gasteiger partial charge is 0.357 e. The van der Waals surface area contributed by atoms with E-state index < -0.39 is 11.6 Å². The molecule has 0 saturated carbocycles. The number of rotatable bonds is 5. The molecule has 0 aliphatic carbocycles. The number of aromatic nitrogens is 2. The highest BCUT2D eigenvalue weighted by Gasteiger charge is 2.24. The summed E-state index contributed by atoms with van der Waals surface area (Å²) in [5, 5.41) is 0. The Kier molecular flexibility index (Phi) is 4.26. The van der Waals surface area contributed by atoms with Crippen LogP contribution in [0.2, 0.25) is 0 Å². The number of benzene rings is 1. The maximum atomic E-state index is 12.3. The van der Waals surface area contributed by atoms with Gasteiger partial charge in [-0.05, 0) is 32.4 Å². The Morgan fingerprint density at radius 1 is 1.38 bits per heavy atom. The van der Waals surface area contributed by atoms with E-state index in [1.807, 2.05) is 41.8 Å². The van der Waals surface area contributed by atoms with Crippen molar-refractivity contribution in [2.75, 3.05) is 0 Å². The summed E-state index contributed by atoms with van der Waals surface area (Å²) in [5.41, 5.74) is 0.830. The highest BCUT2D eigenvalue weighted by Crippen LogP contribution is 2.21. The monoisotopic (exact) mass is 284 g/mol. The van der Waals surface area contributed by atoms with Gasteiger partial charge in [-0.3, -0.25) is 0 Å². The molecule has 0 aliphatic heterocycles. The lowest BCUT2D eigenvalue weighted by Crippen LogP contribution is -2.27. The summed E-state index contributed by atoms with van der Waals surface area (Å²) in [4.78, 5) is 16.4. The molecule has 1 atom stereocenters. The lowest BCUT2D eigenvalue weighted by atomic mass is 10.1. The molecule has 0 saturated heterocycles. The summed E-state index contributed by atoms with van der Waals surface area (Å²) in [6.45, 7) is 9.27. The third-order valence-corrected chi connectivity index (χ3v) is 3.42. The van der Waals surface area contributed by atoms with E-state index in [1.165, 1.54) is 6.20 Å². The molecule has 2 rings (SSSR count). The second kappa shape index (κ2) is 5.95. The van der Waals surface area contributed by atoms with Crippen LogP contribution in [0, 0.1) is 0 Å². The first-order valence-electron chi connectivity index (χ1n) is 6.88. The second-order valence-corrected chi connectivity index (χ2v) is 5.47. The Balaban J connectivity index is 2.27. The van der Waals surface area contributed by atoms with Crippen LogP contribution in [0.15, 0.2) is 55.5 Å². The topological polar surface area (TPSA) is 44.1 Å². The van der Waals surface area contributed by atoms with Crippen molar-refractivity contribution < 1.29 is 9.53 Å². The van der Waals surface area contributed by atoms with Crippen LogP contribution in [0.4, 0.5) is 0 Å². The molecule has 0 bridgehead atoms. The van der Waals surface area contributed by atoms with Crippen molar-refractivity contribution >= 4 is 5.97 Å². The van der Waals surface area contributed by atoms with E-state index >= 15 is 0 Å². The standard InChI is InChI=1S/C17H20N2O2/c1-5-17(3,4)21-16(20)15-11-18-12-19(15)13(2)14-9-7-6-8-10-14/h5-13H,1H2,2-4H3/t13-/m1/s1. The van der Waals surface area contributed by atoms with E-state index in [1.54, 1.807) is 26.3 Å². The Hall–Kier alpha value is -2.36. The van der Waals surface area contributed by atoms with Crippen LogP contribution in [0.3, 0.4) is 0 Å². The van der Waals surface area contributed by atoms with Crippen molar-refractivity contribution in [3.8, 4) is 0 Å². The van der Waals surface area contributed by atoms with Crippen LogP contribution < -0.4 is 0 Å². The number of nitrogens with zero attached hydrogens (tertiary/aromatic N) is 2. The van der Waals surface area contributed by atoms with Gasteiger partial charge in [0.15, 0.2) is 0 Å². The quantitative estimate of drug-likeness (QED) is 0.622. The molecule has 0 fully saturated rings. The fourth-order valence-corrected chi connectivity index (χ4v) is 2.00. The number of hydrogen-bond donors (Lipinski definition) is 0. The Morgan fingerprint density at radius 2 is 2.05 bits per heavy atom. The summed E-state index contributed by atoms with van der Waals surface area (Å²) in [5.74, 6) is -0.403. The minimum Gasteiger partial charge on any atom is -0.451 e. The lowest BCUT2D eigenvalue weighted by molar-refractivity contribution is 0.0161. The van der Waals surface area contributed by atoms with Crippen molar-refractivity contribution in [3.63, 3.8) is 0 Å². The van der Waals surface area contributed by atoms with Crippen LogP contribution in [0.25, 0.3) is 0 Å². The zero-order valence-corrected chi connectivity index (χ0v) is 12.6. The molecule has 1 heterocycles. The minimum atomic E-state index is -0.706. The van der Waals surface area contributed by atoms with Gasteiger partial charge >= 0.3 is 5.97 Å². The maximum Gasteiger partial charge on any atom is 0.357 e. The molecule has 4 nitrogen and oxygen atoms in total. The highest BCUT2D eigenvalue weighted by molar-refractivity contribution is 5.87. The van der Waals surface area contributed by atoms with Crippen LogP contribution in [0.5, 0.6) is 0 Å². The lowest BCUT2D eigenvalue weighted by Gasteiger charge is -2.22. The number of carbonyl (C=O) groups is 1. The first-order valence-corrected chi connectivity index (χ1v) is 6.88. The van der Waals surface area contributed by atoms with E-state index in [-0.39, 0.29) is 6.04 Å². The van der Waals surface area contributed by atoms with Gasteiger partial charge in [0.05, 0.1) is 18.6 Å². The molecule has 0 aliphatic rings. The molecule has 0 N–H and O–H groups in total. The fourth-order valence-electron chi connectivity index (χ4n) is 2.00. The zero-order valence-electron chi connectivity index (χ0n) is 12.6. The summed E-state index contributed by atoms with van der Waals surface area (Å²) >= 11 is 0. The number of imidazole rings is 1. The Labute approximate surface area is 125 Å². The average molecular weight is 284 g/mol. The maximum absolute atomic E-state index is 12.3. The first-order chi connectivity index (χ1) is 9.94. The highest BCUT2D eigenvalue weighted by atomic mass is 16.6. The summed E-state index contributed by atoms with van der Waals surface area (Å²) in [6, 6.07) is 9.96. The van der Waals surface area contributed by atoms with E-state index in [9.17, 15) is 4.79 Å². The van der Waals surface area contributed by atoms with Gasteiger partial charge in [-0.25, -0.2) is 9.78 Å². The van der Waals surface area contributed by atoms with Crippen molar-refractivity contribution in [2.45, 2.75) is 32.4 Å². The largest absolute Gasteiger partial charge is 0.451 e. The molecule has 21 heavy (non-hydrogen) atoms. The van der Waals surface area contributed by atoms with Gasteiger partial charge in [0, 0.05) is 0 Å². The first kappa shape index (κ1) is 15.0. The van der Waals surface area contributed by atoms with Crippen LogP contribution in [-0.4, -0.2) is 21.1 Å². The van der Waals surface area contributed by atoms with Gasteiger partial charge in [-0.1, -0.05) is 36.9 Å². The molecular weight excluding hydrogens is 264 g/mol. The van der Waals surface area contributed by atoms with Crippen LogP contribution in [0.1, 0.15) is 42.9 Å². The summed E-state index contributed by atoms with van der Waals surface area (Å²) in [7, 11) is 0. The van der Waals surface area contributed by atoms with E-state index in [0.717, 1.165) is 5.56 Å². The van der Waals surface area contributed by atoms with Gasteiger partial charge in [0.1, 0.15) is 11.3 Å². The van der Waals surface area contributed by atoms with Crippen molar-refractivity contribution in [3.05, 3.63) is 66.8 Å². The number of carbonyl (C=O) groups excluding carboxylic acids is 1. The predicted molar refractivity (Wildman–Crippen MR) is 82.2 cm³/mol. The molecule has 110 valence electrons. The average Bonchev–Trinajstić information content (AvgIpc) is 2.96. The molecule has 0 unspecified atom stereocenters. The predicted octanol–water partition coefficient (Wildman–Crippen LogP) is 3.61. The van der Waals surface area contributed by atoms with Gasteiger partial charge in [-0.15, -0.1) is 0 Å². The Bertz CT molecular complexity index is 629. The van der Waals surface area contributed by atoms with Crippen LogP contribution in [-0.2, 0) is 4.74 Å². The van der Waals surface area contributed by atoms with Gasteiger partial charge in [0.2, 0.25) is 0 Å². The Morgan fingerprint density at radius 3 is 2.67 bits per heavy atom. The minimum absolute atomic E-state index is 0.00286. The van der Waals surface area contributed by atoms with Crippen molar-refractivity contribution in [1.82, 2.24) is 9.55 Å². The van der Waals surface area contributed by atoms with E-state index in [2.05, 4.69) is 11.6 Å². The number of hydrogen-bond acceptors (Lipinski definition) is 3. The third kappa shape index (κ3) is 3.40. The van der Waals surface area contributed by atoms with E-state index in [4.69, 9.17) is 4.74 Å². The normalized spacial score (nSPS) is 12.7. The molecule has 0 spiro atoms. The number of ether oxygens (including phenoxy) is 1. The molecular formula is C17H20N2O2. The summed E-state index contributed by atoms with van der Waals surface area (Å²) in [6.07, 6.45) is 4.78. The fraction of sp³-hybridized carbons (Fsp3) is 0.294. The van der Waals surface area contributed by atoms with E-state index in [0.29, 0.717) is 5.69 Å². The SMILES string of the molecule is C=CC(C)(C)OC(=O)c1cncn1[C@H](C)c1ccccc1. The van der Waals surface area contributed by atoms with Gasteiger partial charge in [0.25, 0.3) is 0 Å². The third-order valence-electron chi connectivity index (χ3n) is 3.42. The molecule has 1 aromatic heterocycles. The molecule has 4 heteroatoms. The van der Waals surface area contributed by atoms with Gasteiger partial charge in [-0.2, -0.15) is 0 Å². The van der Waals surface area contributed by atoms with Crippen molar-refractivity contribution in [1.29, 1.82) is 0 Å². The van der Waals surface area contributed by atoms with Crippen molar-refractivity contribution in [2.24, 2.45) is 0 Å². The zero-order chi connectivity index (χ0) is 15.5. The second-order valence-electron chi connectivity index (χ2n) is 5.47. The molecule has 0 radical (unpaired) electrons. The summed E-state index contributed by atoms with van der Waals surface area (Å²) < 4.78 is 7.26. The molecule has 1 aromatic carbocycles. The molecule has 0 amide bonds. The molecule has 2 aromatic rings. The van der Waals surface area contributed by atoms with Crippen LogP contribution >= 0.6 is 0 Å². The number of esters is 1.